The summed E-state index contributed by atoms with van der Waals surface area (Å²) in [6.45, 7) is 0. The summed E-state index contributed by atoms with van der Waals surface area (Å²) in [4.78, 5) is 10.7. The topological polar surface area (TPSA) is 42.7 Å². The molecular weight excluding hydrogens is 252 g/mol. The highest BCUT2D eigenvalue weighted by molar-refractivity contribution is 5.88. The lowest BCUT2D eigenvalue weighted by Gasteiger charge is -2.04. The third kappa shape index (κ3) is 2.01. The zero-order chi connectivity index (χ0) is 13.9. The average molecular weight is 266 g/mol. The van der Waals surface area contributed by atoms with Crippen LogP contribution in [0.15, 0.2) is 54.7 Å². The van der Waals surface area contributed by atoms with Gasteiger partial charge >= 0.3 is 0 Å². The van der Waals surface area contributed by atoms with E-state index in [1.54, 1.807) is 7.11 Å². The number of hydrogen-bond acceptors (Lipinski definition) is 2. The number of rotatable bonds is 4. The molecule has 3 rings (SSSR count). The molecule has 0 aliphatic rings. The van der Waals surface area contributed by atoms with Crippen LogP contribution in [-0.2, 0) is 4.79 Å². The Bertz CT molecular complexity index is 745. The van der Waals surface area contributed by atoms with Crippen LogP contribution in [0.2, 0.25) is 0 Å². The lowest BCUT2D eigenvalue weighted by Crippen LogP contribution is -1.92. The zero-order valence-corrected chi connectivity index (χ0v) is 11.0. The molecule has 2 aromatic heterocycles. The SMILES string of the molecule is COc1ccc(-c2cc(NC=O)c3ccccn23)cc1. The lowest BCUT2D eigenvalue weighted by molar-refractivity contribution is -0.105. The van der Waals surface area contributed by atoms with E-state index >= 15 is 0 Å². The molecule has 1 aromatic carbocycles. The van der Waals surface area contributed by atoms with Gasteiger partial charge in [0.15, 0.2) is 0 Å². The van der Waals surface area contributed by atoms with Gasteiger partial charge in [-0.05, 0) is 48.0 Å². The number of amides is 1. The highest BCUT2D eigenvalue weighted by Gasteiger charge is 2.09. The van der Waals surface area contributed by atoms with Gasteiger partial charge in [-0.2, -0.15) is 0 Å². The van der Waals surface area contributed by atoms with Crippen molar-refractivity contribution in [3.63, 3.8) is 0 Å². The van der Waals surface area contributed by atoms with Gasteiger partial charge < -0.3 is 14.5 Å². The smallest absolute Gasteiger partial charge is 0.211 e. The minimum atomic E-state index is 0.695. The molecule has 0 fully saturated rings. The van der Waals surface area contributed by atoms with Crippen molar-refractivity contribution in [3.8, 4) is 17.0 Å². The normalized spacial score (nSPS) is 10.4. The van der Waals surface area contributed by atoms with Gasteiger partial charge in [0.25, 0.3) is 0 Å². The molecule has 20 heavy (non-hydrogen) atoms. The highest BCUT2D eigenvalue weighted by atomic mass is 16.5. The molecule has 0 bridgehead atoms. The number of fused-ring (bicyclic) bond motifs is 1. The van der Waals surface area contributed by atoms with Crippen molar-refractivity contribution in [2.75, 3.05) is 12.4 Å². The van der Waals surface area contributed by atoms with Gasteiger partial charge in [-0.3, -0.25) is 4.79 Å². The van der Waals surface area contributed by atoms with Crippen molar-refractivity contribution in [2.24, 2.45) is 0 Å². The Morgan fingerprint density at radius 2 is 1.95 bits per heavy atom. The lowest BCUT2D eigenvalue weighted by atomic mass is 10.1. The van der Waals surface area contributed by atoms with Crippen molar-refractivity contribution < 1.29 is 9.53 Å². The van der Waals surface area contributed by atoms with Gasteiger partial charge in [0, 0.05) is 6.20 Å². The summed E-state index contributed by atoms with van der Waals surface area (Å²) in [6, 6.07) is 15.7. The summed E-state index contributed by atoms with van der Waals surface area (Å²) in [5.74, 6) is 0.820. The first-order valence-corrected chi connectivity index (χ1v) is 6.28. The quantitative estimate of drug-likeness (QED) is 0.737. The number of hydrogen-bond donors (Lipinski definition) is 1. The molecule has 2 heterocycles. The summed E-state index contributed by atoms with van der Waals surface area (Å²) < 4.78 is 7.22. The van der Waals surface area contributed by atoms with E-state index in [2.05, 4.69) is 5.32 Å². The Labute approximate surface area is 116 Å². The molecule has 0 aliphatic carbocycles. The van der Waals surface area contributed by atoms with Crippen LogP contribution in [-0.4, -0.2) is 17.9 Å². The van der Waals surface area contributed by atoms with Crippen LogP contribution in [0, 0.1) is 0 Å². The molecule has 0 radical (unpaired) electrons. The van der Waals surface area contributed by atoms with Crippen LogP contribution in [0.3, 0.4) is 0 Å². The third-order valence-corrected chi connectivity index (χ3v) is 3.28. The number of carbonyl (C=O) groups excluding carboxylic acids is 1. The van der Waals surface area contributed by atoms with Crippen LogP contribution in [0.25, 0.3) is 16.8 Å². The minimum absolute atomic E-state index is 0.695. The monoisotopic (exact) mass is 266 g/mol. The molecule has 0 atom stereocenters. The number of carbonyl (C=O) groups is 1. The van der Waals surface area contributed by atoms with E-state index < -0.39 is 0 Å². The first kappa shape index (κ1) is 12.3. The minimum Gasteiger partial charge on any atom is -0.497 e. The van der Waals surface area contributed by atoms with Gasteiger partial charge in [0.2, 0.25) is 6.41 Å². The molecule has 0 saturated heterocycles. The molecule has 1 N–H and O–H groups in total. The maximum Gasteiger partial charge on any atom is 0.211 e. The maximum atomic E-state index is 10.7. The maximum absolute atomic E-state index is 10.7. The van der Waals surface area contributed by atoms with Crippen LogP contribution in [0.4, 0.5) is 5.69 Å². The van der Waals surface area contributed by atoms with Gasteiger partial charge in [-0.25, -0.2) is 0 Å². The number of benzene rings is 1. The van der Waals surface area contributed by atoms with E-state index in [-0.39, 0.29) is 0 Å². The number of aromatic nitrogens is 1. The van der Waals surface area contributed by atoms with E-state index in [0.29, 0.717) is 6.41 Å². The Kier molecular flexibility index (Phi) is 3.13. The average Bonchev–Trinajstić information content (AvgIpc) is 2.87. The highest BCUT2D eigenvalue weighted by Crippen LogP contribution is 2.30. The molecule has 3 aromatic rings. The summed E-state index contributed by atoms with van der Waals surface area (Å²) in [6.07, 6.45) is 2.67. The molecule has 1 amide bonds. The Hall–Kier alpha value is -2.75. The molecule has 4 nitrogen and oxygen atoms in total. The van der Waals surface area contributed by atoms with E-state index in [1.165, 1.54) is 0 Å². The summed E-state index contributed by atoms with van der Waals surface area (Å²) >= 11 is 0. The predicted octanol–water partition coefficient (Wildman–Crippen LogP) is 3.18. The zero-order valence-electron chi connectivity index (χ0n) is 11.0. The van der Waals surface area contributed by atoms with Crippen LogP contribution < -0.4 is 10.1 Å². The largest absolute Gasteiger partial charge is 0.497 e. The molecular formula is C16H14N2O2. The Balaban J connectivity index is 2.16. The van der Waals surface area contributed by atoms with Crippen molar-refractivity contribution in [1.82, 2.24) is 4.40 Å². The summed E-state index contributed by atoms with van der Waals surface area (Å²) in [7, 11) is 1.65. The summed E-state index contributed by atoms with van der Waals surface area (Å²) in [5, 5.41) is 2.74. The Morgan fingerprint density at radius 1 is 1.15 bits per heavy atom. The van der Waals surface area contributed by atoms with Crippen molar-refractivity contribution in [3.05, 3.63) is 54.7 Å². The fourth-order valence-electron chi connectivity index (χ4n) is 2.32. The molecule has 0 spiro atoms. The first-order chi connectivity index (χ1) is 9.83. The fourth-order valence-corrected chi connectivity index (χ4v) is 2.32. The van der Waals surface area contributed by atoms with Crippen molar-refractivity contribution >= 4 is 17.6 Å². The molecule has 0 saturated carbocycles. The number of nitrogens with one attached hydrogen (secondary N) is 1. The van der Waals surface area contributed by atoms with E-state index in [4.69, 9.17) is 4.74 Å². The van der Waals surface area contributed by atoms with Crippen LogP contribution >= 0.6 is 0 Å². The van der Waals surface area contributed by atoms with Gasteiger partial charge in [-0.15, -0.1) is 0 Å². The number of nitrogens with zero attached hydrogens (tertiary/aromatic N) is 1. The number of methoxy groups -OCH3 is 1. The predicted molar refractivity (Wildman–Crippen MR) is 79.1 cm³/mol. The molecule has 0 unspecified atom stereocenters. The van der Waals surface area contributed by atoms with Gasteiger partial charge in [0.05, 0.1) is 24.0 Å². The molecule has 0 aliphatic heterocycles. The third-order valence-electron chi connectivity index (χ3n) is 3.28. The van der Waals surface area contributed by atoms with Gasteiger partial charge in [0.1, 0.15) is 5.75 Å². The summed E-state index contributed by atoms with van der Waals surface area (Å²) in [5.41, 5.74) is 3.84. The second kappa shape index (κ2) is 5.09. The fraction of sp³-hybridized carbons (Fsp3) is 0.0625. The van der Waals surface area contributed by atoms with E-state index in [0.717, 1.165) is 28.2 Å². The van der Waals surface area contributed by atoms with Gasteiger partial charge in [-0.1, -0.05) is 6.07 Å². The Morgan fingerprint density at radius 3 is 2.65 bits per heavy atom. The van der Waals surface area contributed by atoms with Crippen LogP contribution in [0.5, 0.6) is 5.75 Å². The van der Waals surface area contributed by atoms with E-state index in [1.807, 2.05) is 59.1 Å². The van der Waals surface area contributed by atoms with Crippen molar-refractivity contribution in [2.45, 2.75) is 0 Å². The van der Waals surface area contributed by atoms with E-state index in [9.17, 15) is 4.79 Å². The second-order valence-corrected chi connectivity index (χ2v) is 4.39. The first-order valence-electron chi connectivity index (χ1n) is 6.28. The van der Waals surface area contributed by atoms with Crippen molar-refractivity contribution in [1.29, 1.82) is 0 Å². The number of anilines is 1. The standard InChI is InChI=1S/C16H14N2O2/c1-20-13-7-5-12(6-8-13)16-10-14(17-11-19)15-4-2-3-9-18(15)16/h2-11H,1H3,(H,17,19). The van der Waals surface area contributed by atoms with Crippen LogP contribution in [0.1, 0.15) is 0 Å². The molecule has 4 heteroatoms. The second-order valence-electron chi connectivity index (χ2n) is 4.39. The number of pyridine rings is 1. The number of ether oxygens (including phenoxy) is 1. The molecule has 100 valence electrons.